The van der Waals surface area contributed by atoms with E-state index in [1.165, 1.54) is 18.9 Å². The molecule has 2 nitrogen and oxygen atoms in total. The minimum absolute atomic E-state index is 0.178. The molecular weight excluding hydrogens is 205 g/mol. The van der Waals surface area contributed by atoms with Gasteiger partial charge < -0.3 is 4.90 Å². The summed E-state index contributed by atoms with van der Waals surface area (Å²) in [7, 11) is 1.94. The van der Waals surface area contributed by atoms with Crippen molar-refractivity contribution in [1.29, 1.82) is 0 Å². The largest absolute Gasteiger partial charge is 0.371 e. The predicted octanol–water partition coefficient (Wildman–Crippen LogP) is 3.02. The van der Waals surface area contributed by atoms with Gasteiger partial charge >= 0.3 is 0 Å². The van der Waals surface area contributed by atoms with Crippen LogP contribution in [0.4, 0.5) is 10.1 Å². The summed E-state index contributed by atoms with van der Waals surface area (Å²) in [5, 5.41) is 0. The lowest BCUT2D eigenvalue weighted by molar-refractivity contribution is 0.112. The second kappa shape index (κ2) is 4.64. The fraction of sp³-hybridized carbons (Fsp3) is 0.462. The lowest BCUT2D eigenvalue weighted by atomic mass is 10.1. The van der Waals surface area contributed by atoms with Crippen molar-refractivity contribution in [2.45, 2.75) is 31.7 Å². The molecule has 0 aliphatic heterocycles. The summed E-state index contributed by atoms with van der Waals surface area (Å²) in [5.41, 5.74) is 0.888. The molecule has 1 saturated carbocycles. The van der Waals surface area contributed by atoms with E-state index in [1.807, 2.05) is 18.0 Å². The van der Waals surface area contributed by atoms with Crippen LogP contribution in [0.1, 0.15) is 36.0 Å². The van der Waals surface area contributed by atoms with Gasteiger partial charge in [-0.3, -0.25) is 4.79 Å². The number of benzene rings is 1. The molecule has 1 aromatic rings. The van der Waals surface area contributed by atoms with Gasteiger partial charge in [0.1, 0.15) is 5.82 Å². The van der Waals surface area contributed by atoms with Crippen LogP contribution in [0.2, 0.25) is 0 Å². The zero-order chi connectivity index (χ0) is 11.5. The van der Waals surface area contributed by atoms with Crippen molar-refractivity contribution in [3.05, 3.63) is 29.6 Å². The van der Waals surface area contributed by atoms with Crippen molar-refractivity contribution < 1.29 is 9.18 Å². The standard InChI is InChI=1S/C13H16FNO/c1-15(10-5-2-3-6-10)13-8-4-7-12(14)11(13)9-16/h4,7-10H,2-3,5-6H2,1H3. The minimum Gasteiger partial charge on any atom is -0.371 e. The van der Waals surface area contributed by atoms with Crippen LogP contribution in [0.25, 0.3) is 0 Å². The molecule has 2 rings (SSSR count). The number of carbonyl (C=O) groups excluding carboxylic acids is 1. The fourth-order valence-electron chi connectivity index (χ4n) is 2.44. The summed E-state index contributed by atoms with van der Waals surface area (Å²) in [6.45, 7) is 0. The van der Waals surface area contributed by atoms with Crippen LogP contribution in [0.15, 0.2) is 18.2 Å². The van der Waals surface area contributed by atoms with E-state index in [2.05, 4.69) is 0 Å². The minimum atomic E-state index is -0.433. The Hall–Kier alpha value is -1.38. The molecular formula is C13H16FNO. The highest BCUT2D eigenvalue weighted by molar-refractivity contribution is 5.85. The zero-order valence-corrected chi connectivity index (χ0v) is 9.45. The number of nitrogens with zero attached hydrogens (tertiary/aromatic N) is 1. The van der Waals surface area contributed by atoms with E-state index in [0.29, 0.717) is 18.0 Å². The molecule has 0 unspecified atom stereocenters. The van der Waals surface area contributed by atoms with Gasteiger partial charge in [0.05, 0.1) is 11.3 Å². The molecule has 0 bridgehead atoms. The summed E-state index contributed by atoms with van der Waals surface area (Å²) in [6.07, 6.45) is 5.31. The number of anilines is 1. The molecule has 0 spiro atoms. The van der Waals surface area contributed by atoms with Crippen LogP contribution in [-0.4, -0.2) is 19.4 Å². The Balaban J connectivity index is 2.31. The molecule has 0 radical (unpaired) electrons. The first kappa shape index (κ1) is 11.1. The van der Waals surface area contributed by atoms with Gasteiger partial charge in [0, 0.05) is 13.1 Å². The average Bonchev–Trinajstić information content (AvgIpc) is 2.81. The molecule has 86 valence electrons. The van der Waals surface area contributed by atoms with Crippen molar-refractivity contribution in [2.24, 2.45) is 0 Å². The zero-order valence-electron chi connectivity index (χ0n) is 9.45. The highest BCUT2D eigenvalue weighted by Gasteiger charge is 2.22. The van der Waals surface area contributed by atoms with Crippen molar-refractivity contribution in [2.75, 3.05) is 11.9 Å². The normalized spacial score (nSPS) is 16.4. The number of rotatable bonds is 3. The van der Waals surface area contributed by atoms with Crippen LogP contribution < -0.4 is 4.90 Å². The average molecular weight is 221 g/mol. The molecule has 0 heterocycles. The van der Waals surface area contributed by atoms with Crippen LogP contribution >= 0.6 is 0 Å². The Labute approximate surface area is 95.1 Å². The van der Waals surface area contributed by atoms with Gasteiger partial charge in [-0.05, 0) is 25.0 Å². The highest BCUT2D eigenvalue weighted by Crippen LogP contribution is 2.29. The molecule has 0 aromatic heterocycles. The third-order valence-corrected chi connectivity index (χ3v) is 3.40. The lowest BCUT2D eigenvalue weighted by Crippen LogP contribution is -2.29. The smallest absolute Gasteiger partial charge is 0.155 e. The maximum Gasteiger partial charge on any atom is 0.155 e. The first-order chi connectivity index (χ1) is 7.74. The Bertz CT molecular complexity index is 386. The molecule has 1 aliphatic carbocycles. The quantitative estimate of drug-likeness (QED) is 0.731. The van der Waals surface area contributed by atoms with E-state index < -0.39 is 5.82 Å². The molecule has 0 N–H and O–H groups in total. The van der Waals surface area contributed by atoms with Gasteiger partial charge in [-0.2, -0.15) is 0 Å². The van der Waals surface area contributed by atoms with Gasteiger partial charge in [0.15, 0.2) is 6.29 Å². The van der Waals surface area contributed by atoms with Crippen LogP contribution in [0, 0.1) is 5.82 Å². The SMILES string of the molecule is CN(c1cccc(F)c1C=O)C1CCCC1. The number of hydrogen-bond donors (Lipinski definition) is 0. The van der Waals surface area contributed by atoms with Gasteiger partial charge in [-0.25, -0.2) is 4.39 Å². The maximum atomic E-state index is 13.4. The monoisotopic (exact) mass is 221 g/mol. The highest BCUT2D eigenvalue weighted by atomic mass is 19.1. The fourth-order valence-corrected chi connectivity index (χ4v) is 2.44. The Morgan fingerprint density at radius 3 is 2.69 bits per heavy atom. The second-order valence-electron chi connectivity index (χ2n) is 4.34. The van der Waals surface area contributed by atoms with E-state index >= 15 is 0 Å². The molecule has 0 atom stereocenters. The first-order valence-corrected chi connectivity index (χ1v) is 5.70. The topological polar surface area (TPSA) is 20.3 Å². The van der Waals surface area contributed by atoms with Gasteiger partial charge in [-0.1, -0.05) is 18.9 Å². The van der Waals surface area contributed by atoms with Crippen LogP contribution in [-0.2, 0) is 0 Å². The number of carbonyl (C=O) groups is 1. The van der Waals surface area contributed by atoms with E-state index in [0.717, 1.165) is 12.8 Å². The van der Waals surface area contributed by atoms with Crippen molar-refractivity contribution in [3.8, 4) is 0 Å². The summed E-state index contributed by atoms with van der Waals surface area (Å²) in [5.74, 6) is -0.433. The van der Waals surface area contributed by atoms with Crippen molar-refractivity contribution >= 4 is 12.0 Å². The lowest BCUT2D eigenvalue weighted by Gasteiger charge is -2.27. The summed E-state index contributed by atoms with van der Waals surface area (Å²) < 4.78 is 13.4. The van der Waals surface area contributed by atoms with E-state index in [4.69, 9.17) is 0 Å². The van der Waals surface area contributed by atoms with Crippen molar-refractivity contribution in [3.63, 3.8) is 0 Å². The molecule has 1 aromatic carbocycles. The van der Waals surface area contributed by atoms with E-state index in [-0.39, 0.29) is 5.56 Å². The third-order valence-electron chi connectivity index (χ3n) is 3.40. The van der Waals surface area contributed by atoms with E-state index in [1.54, 1.807) is 6.07 Å². The second-order valence-corrected chi connectivity index (χ2v) is 4.34. The first-order valence-electron chi connectivity index (χ1n) is 5.70. The van der Waals surface area contributed by atoms with Crippen LogP contribution in [0.3, 0.4) is 0 Å². The summed E-state index contributed by atoms with van der Waals surface area (Å²) >= 11 is 0. The Kier molecular flexibility index (Phi) is 3.22. The molecule has 3 heteroatoms. The molecule has 1 aliphatic rings. The molecule has 0 saturated heterocycles. The summed E-state index contributed by atoms with van der Waals surface area (Å²) in [4.78, 5) is 12.9. The molecule has 16 heavy (non-hydrogen) atoms. The van der Waals surface area contributed by atoms with Gasteiger partial charge in [0.25, 0.3) is 0 Å². The number of aldehydes is 1. The van der Waals surface area contributed by atoms with Crippen molar-refractivity contribution in [1.82, 2.24) is 0 Å². The van der Waals surface area contributed by atoms with Gasteiger partial charge in [0.2, 0.25) is 0 Å². The molecule has 0 amide bonds. The predicted molar refractivity (Wildman–Crippen MR) is 62.4 cm³/mol. The van der Waals surface area contributed by atoms with Crippen LogP contribution in [0.5, 0.6) is 0 Å². The Morgan fingerprint density at radius 2 is 2.06 bits per heavy atom. The third kappa shape index (κ3) is 1.94. The number of halogens is 1. The number of hydrogen-bond acceptors (Lipinski definition) is 2. The molecule has 1 fully saturated rings. The Morgan fingerprint density at radius 1 is 1.38 bits per heavy atom. The summed E-state index contributed by atoms with van der Waals surface area (Å²) in [6, 6.07) is 5.24. The van der Waals surface area contributed by atoms with E-state index in [9.17, 15) is 9.18 Å². The van der Waals surface area contributed by atoms with Gasteiger partial charge in [-0.15, -0.1) is 0 Å². The maximum absolute atomic E-state index is 13.4.